The normalized spacial score (nSPS) is 10.5. The molecule has 3 heteroatoms. The molecule has 66 valence electrons. The van der Waals surface area contributed by atoms with Crippen LogP contribution in [0.15, 0.2) is 24.4 Å². The van der Waals surface area contributed by atoms with E-state index >= 15 is 0 Å². The highest BCUT2D eigenvalue weighted by molar-refractivity contribution is 5.93. The number of pyridine rings is 1. The molecular weight excluding hydrogens is 164 g/mol. The number of aromatic hydroxyl groups is 1. The van der Waals surface area contributed by atoms with Crippen LogP contribution >= 0.6 is 0 Å². The molecule has 0 spiro atoms. The smallest absolute Gasteiger partial charge is 0.131 e. The molecule has 0 saturated carbocycles. The number of phenols is 1. The van der Waals surface area contributed by atoms with Gasteiger partial charge < -0.3 is 10.8 Å². The van der Waals surface area contributed by atoms with Gasteiger partial charge in [-0.25, -0.2) is 4.98 Å². The minimum Gasteiger partial charge on any atom is -0.508 e. The predicted molar refractivity (Wildman–Crippen MR) is 52.6 cm³/mol. The van der Waals surface area contributed by atoms with Crippen LogP contribution in [0.25, 0.3) is 10.8 Å². The van der Waals surface area contributed by atoms with Crippen LogP contribution in [0.2, 0.25) is 0 Å². The Morgan fingerprint density at radius 2 is 2.08 bits per heavy atom. The molecule has 0 fully saturated rings. The van der Waals surface area contributed by atoms with Crippen molar-refractivity contribution in [3.8, 4) is 5.75 Å². The maximum Gasteiger partial charge on any atom is 0.131 e. The van der Waals surface area contributed by atoms with Crippen molar-refractivity contribution in [3.63, 3.8) is 0 Å². The van der Waals surface area contributed by atoms with Gasteiger partial charge in [0.25, 0.3) is 0 Å². The quantitative estimate of drug-likeness (QED) is 0.640. The van der Waals surface area contributed by atoms with Crippen molar-refractivity contribution < 1.29 is 5.11 Å². The van der Waals surface area contributed by atoms with Crippen molar-refractivity contribution in [1.29, 1.82) is 0 Å². The van der Waals surface area contributed by atoms with Crippen LogP contribution in [0.1, 0.15) is 5.56 Å². The van der Waals surface area contributed by atoms with Crippen LogP contribution in [0.4, 0.5) is 5.82 Å². The van der Waals surface area contributed by atoms with Crippen LogP contribution < -0.4 is 5.73 Å². The van der Waals surface area contributed by atoms with E-state index in [0.29, 0.717) is 5.82 Å². The Labute approximate surface area is 75.8 Å². The van der Waals surface area contributed by atoms with Gasteiger partial charge in [-0.1, -0.05) is 0 Å². The van der Waals surface area contributed by atoms with E-state index in [-0.39, 0.29) is 5.75 Å². The summed E-state index contributed by atoms with van der Waals surface area (Å²) in [6, 6.07) is 5.09. The summed E-state index contributed by atoms with van der Waals surface area (Å²) >= 11 is 0. The molecule has 3 nitrogen and oxygen atoms in total. The summed E-state index contributed by atoms with van der Waals surface area (Å²) in [7, 11) is 0. The molecule has 13 heavy (non-hydrogen) atoms. The van der Waals surface area contributed by atoms with Crippen LogP contribution in [-0.4, -0.2) is 10.1 Å². The second kappa shape index (κ2) is 2.62. The van der Waals surface area contributed by atoms with Crippen molar-refractivity contribution in [3.05, 3.63) is 30.0 Å². The molecule has 2 rings (SSSR count). The van der Waals surface area contributed by atoms with E-state index in [0.717, 1.165) is 16.3 Å². The Morgan fingerprint density at radius 3 is 2.85 bits per heavy atom. The SMILES string of the molecule is Cc1cnc(N)c2ccc(O)cc12. The Kier molecular flexibility index (Phi) is 1.59. The molecule has 1 heterocycles. The van der Waals surface area contributed by atoms with Gasteiger partial charge in [-0.2, -0.15) is 0 Å². The number of phenolic OH excluding ortho intramolecular Hbond substituents is 1. The van der Waals surface area contributed by atoms with E-state index in [9.17, 15) is 5.11 Å². The highest BCUT2D eigenvalue weighted by Crippen LogP contribution is 2.25. The van der Waals surface area contributed by atoms with Gasteiger partial charge in [0.05, 0.1) is 0 Å². The van der Waals surface area contributed by atoms with Gasteiger partial charge in [-0.3, -0.25) is 0 Å². The van der Waals surface area contributed by atoms with Gasteiger partial charge in [-0.15, -0.1) is 0 Å². The molecular formula is C10H10N2O. The summed E-state index contributed by atoms with van der Waals surface area (Å²) < 4.78 is 0. The molecule has 2 aromatic rings. The average Bonchev–Trinajstić information content (AvgIpc) is 2.12. The zero-order valence-corrected chi connectivity index (χ0v) is 7.28. The maximum atomic E-state index is 9.28. The molecule has 0 amide bonds. The second-order valence-corrected chi connectivity index (χ2v) is 3.06. The number of nitrogen functional groups attached to an aromatic ring is 1. The number of rotatable bonds is 0. The van der Waals surface area contributed by atoms with Crippen LogP contribution in [0.3, 0.4) is 0 Å². The third-order valence-electron chi connectivity index (χ3n) is 2.10. The highest BCUT2D eigenvalue weighted by atomic mass is 16.3. The Hall–Kier alpha value is -1.77. The maximum absolute atomic E-state index is 9.28. The van der Waals surface area contributed by atoms with Crippen molar-refractivity contribution in [2.75, 3.05) is 5.73 Å². The zero-order valence-electron chi connectivity index (χ0n) is 7.28. The monoisotopic (exact) mass is 174 g/mol. The number of hydrogen-bond acceptors (Lipinski definition) is 3. The highest BCUT2D eigenvalue weighted by Gasteiger charge is 2.02. The van der Waals surface area contributed by atoms with E-state index in [4.69, 9.17) is 5.73 Å². The lowest BCUT2D eigenvalue weighted by Gasteiger charge is -2.04. The number of fused-ring (bicyclic) bond motifs is 1. The fourth-order valence-corrected chi connectivity index (χ4v) is 1.39. The van der Waals surface area contributed by atoms with Gasteiger partial charge in [0.15, 0.2) is 0 Å². The molecule has 0 aliphatic heterocycles. The molecule has 1 aromatic carbocycles. The van der Waals surface area contributed by atoms with Gasteiger partial charge in [0.1, 0.15) is 11.6 Å². The number of aryl methyl sites for hydroxylation is 1. The Morgan fingerprint density at radius 1 is 1.31 bits per heavy atom. The summed E-state index contributed by atoms with van der Waals surface area (Å²) in [5, 5.41) is 11.1. The van der Waals surface area contributed by atoms with Crippen molar-refractivity contribution in [2.45, 2.75) is 6.92 Å². The minimum absolute atomic E-state index is 0.251. The first kappa shape index (κ1) is 7.86. The molecule has 0 aliphatic rings. The number of aromatic nitrogens is 1. The molecule has 0 unspecified atom stereocenters. The summed E-state index contributed by atoms with van der Waals surface area (Å²) in [5.74, 6) is 0.752. The minimum atomic E-state index is 0.251. The molecule has 0 aliphatic carbocycles. The molecule has 0 bridgehead atoms. The van der Waals surface area contributed by atoms with E-state index in [1.54, 1.807) is 24.4 Å². The lowest BCUT2D eigenvalue weighted by atomic mass is 10.1. The van der Waals surface area contributed by atoms with Crippen molar-refractivity contribution in [1.82, 2.24) is 4.98 Å². The van der Waals surface area contributed by atoms with Crippen molar-refractivity contribution >= 4 is 16.6 Å². The zero-order chi connectivity index (χ0) is 9.42. The van der Waals surface area contributed by atoms with Gasteiger partial charge in [-0.05, 0) is 36.1 Å². The lowest BCUT2D eigenvalue weighted by Crippen LogP contribution is -1.92. The van der Waals surface area contributed by atoms with Gasteiger partial charge in [0, 0.05) is 11.6 Å². The average molecular weight is 174 g/mol. The third-order valence-corrected chi connectivity index (χ3v) is 2.10. The Balaban J connectivity index is 2.92. The summed E-state index contributed by atoms with van der Waals surface area (Å²) in [4.78, 5) is 4.03. The molecule has 0 atom stereocenters. The lowest BCUT2D eigenvalue weighted by molar-refractivity contribution is 0.476. The van der Waals surface area contributed by atoms with Gasteiger partial charge >= 0.3 is 0 Å². The second-order valence-electron chi connectivity index (χ2n) is 3.06. The number of benzene rings is 1. The molecule has 3 N–H and O–H groups in total. The first-order valence-corrected chi connectivity index (χ1v) is 4.02. The fourth-order valence-electron chi connectivity index (χ4n) is 1.39. The predicted octanol–water partition coefficient (Wildman–Crippen LogP) is 1.83. The third kappa shape index (κ3) is 1.18. The number of nitrogens with zero attached hydrogens (tertiary/aromatic N) is 1. The van der Waals surface area contributed by atoms with E-state index in [1.807, 2.05) is 6.92 Å². The molecule has 1 aromatic heterocycles. The summed E-state index contributed by atoms with van der Waals surface area (Å²) in [6.45, 7) is 1.94. The van der Waals surface area contributed by atoms with E-state index in [2.05, 4.69) is 4.98 Å². The summed E-state index contributed by atoms with van der Waals surface area (Å²) in [6.07, 6.45) is 1.71. The molecule has 0 radical (unpaired) electrons. The fraction of sp³-hybridized carbons (Fsp3) is 0.100. The van der Waals surface area contributed by atoms with Gasteiger partial charge in [0.2, 0.25) is 0 Å². The standard InChI is InChI=1S/C10H10N2O/c1-6-5-12-10(11)8-3-2-7(13)4-9(6)8/h2-5,13H,1H3,(H2,11,12). The van der Waals surface area contributed by atoms with Crippen molar-refractivity contribution in [2.24, 2.45) is 0 Å². The summed E-state index contributed by atoms with van der Waals surface area (Å²) in [5.41, 5.74) is 6.70. The molecule has 0 saturated heterocycles. The van der Waals surface area contributed by atoms with E-state index < -0.39 is 0 Å². The van der Waals surface area contributed by atoms with Crippen LogP contribution in [-0.2, 0) is 0 Å². The first-order valence-electron chi connectivity index (χ1n) is 4.02. The number of hydrogen-bond donors (Lipinski definition) is 2. The number of anilines is 1. The Bertz CT molecular complexity index is 466. The first-order chi connectivity index (χ1) is 6.18. The topological polar surface area (TPSA) is 59.1 Å². The number of nitrogens with two attached hydrogens (primary N) is 1. The van der Waals surface area contributed by atoms with E-state index in [1.165, 1.54) is 0 Å². The van der Waals surface area contributed by atoms with Crippen LogP contribution in [0, 0.1) is 6.92 Å². The largest absolute Gasteiger partial charge is 0.508 e. The van der Waals surface area contributed by atoms with Crippen LogP contribution in [0.5, 0.6) is 5.75 Å².